The molecule has 0 unspecified atom stereocenters. The first-order chi connectivity index (χ1) is 30.7. The number of hydrogen-bond acceptors (Lipinski definition) is 5. The topological polar surface area (TPSA) is 38.7 Å². The van der Waals surface area contributed by atoms with Gasteiger partial charge in [0.05, 0.1) is 9.60 Å². The smallest absolute Gasteiger partial charge is 0.164 e. The molecular weight excluding hydrogens is 719 g/mol. The molecule has 0 aliphatic heterocycles. The van der Waals surface area contributed by atoms with Crippen LogP contribution in [0, 0.1) is 0 Å². The molecule has 0 N–H and O–H groups in total. The van der Waals surface area contributed by atoms with Gasteiger partial charge in [0.25, 0.3) is 0 Å². The van der Waals surface area contributed by atoms with Crippen LogP contribution in [0.2, 0.25) is 0 Å². The summed E-state index contributed by atoms with van der Waals surface area (Å²) in [7, 11) is 0. The van der Waals surface area contributed by atoms with Gasteiger partial charge in [-0.3, -0.25) is 0 Å². The molecule has 0 fully saturated rings. The zero-order valence-electron chi connectivity index (χ0n) is 36.5. The molecule has 262 valence electrons. The molecule has 0 radical (unpaired) electrons. The number of benzene rings is 8. The minimum atomic E-state index is -0.401. The molecule has 3 heterocycles. The molecule has 0 spiro atoms. The number of thiophene rings is 2. The minimum Gasteiger partial charge on any atom is -0.208 e. The third-order valence-corrected chi connectivity index (χ3v) is 12.3. The van der Waals surface area contributed by atoms with Gasteiger partial charge in [-0.25, -0.2) is 15.0 Å². The summed E-state index contributed by atoms with van der Waals surface area (Å²) in [6.45, 7) is 0. The molecule has 0 bridgehead atoms. The summed E-state index contributed by atoms with van der Waals surface area (Å²) in [5.74, 6) is 1.43. The second-order valence-corrected chi connectivity index (χ2v) is 15.5. The monoisotopic (exact) mass is 756 g/mol. The summed E-state index contributed by atoms with van der Waals surface area (Å²) in [5, 5.41) is 2.88. The van der Waals surface area contributed by atoms with Crippen molar-refractivity contribution < 1.29 is 9.60 Å². The van der Waals surface area contributed by atoms with E-state index in [4.69, 9.17) is 24.5 Å². The van der Waals surface area contributed by atoms with Crippen molar-refractivity contribution >= 4 is 63.0 Å². The Hall–Kier alpha value is -6.79. The molecule has 56 heavy (non-hydrogen) atoms. The highest BCUT2D eigenvalue weighted by molar-refractivity contribution is 7.26. The van der Waals surface area contributed by atoms with E-state index in [1.165, 1.54) is 20.2 Å². The van der Waals surface area contributed by atoms with E-state index in [-0.39, 0.29) is 51.7 Å². The Balaban J connectivity index is 1.08. The van der Waals surface area contributed by atoms with Crippen LogP contribution in [0.1, 0.15) is 9.60 Å². The lowest BCUT2D eigenvalue weighted by Gasteiger charge is -2.13. The van der Waals surface area contributed by atoms with E-state index in [2.05, 4.69) is 72.8 Å². The largest absolute Gasteiger partial charge is 0.208 e. The van der Waals surface area contributed by atoms with Crippen molar-refractivity contribution in [3.05, 3.63) is 188 Å². The predicted octanol–water partition coefficient (Wildman–Crippen LogP) is 14.6. The average molecular weight is 757 g/mol. The molecule has 8 aromatic carbocycles. The zero-order valence-corrected chi connectivity index (χ0v) is 31.1. The summed E-state index contributed by atoms with van der Waals surface area (Å²) >= 11 is 2.90. The molecule has 0 aliphatic rings. The van der Waals surface area contributed by atoms with E-state index in [9.17, 15) is 0 Å². The fourth-order valence-electron chi connectivity index (χ4n) is 7.46. The highest BCUT2D eigenvalue weighted by Crippen LogP contribution is 2.42. The zero-order chi connectivity index (χ0) is 43.1. The van der Waals surface area contributed by atoms with Gasteiger partial charge in [-0.05, 0) is 57.6 Å². The van der Waals surface area contributed by atoms with Crippen molar-refractivity contribution in [3.8, 4) is 67.5 Å². The lowest BCUT2D eigenvalue weighted by Crippen LogP contribution is -2.01. The van der Waals surface area contributed by atoms with Gasteiger partial charge in [-0.2, -0.15) is 0 Å². The summed E-state index contributed by atoms with van der Waals surface area (Å²) < 4.78 is 63.7. The van der Waals surface area contributed by atoms with Crippen molar-refractivity contribution in [2.24, 2.45) is 0 Å². The maximum atomic E-state index is 9.03. The lowest BCUT2D eigenvalue weighted by molar-refractivity contribution is 1.07. The van der Waals surface area contributed by atoms with Crippen molar-refractivity contribution in [2.45, 2.75) is 0 Å². The Labute approximate surface area is 341 Å². The van der Waals surface area contributed by atoms with E-state index < -0.39 is 6.04 Å². The summed E-state index contributed by atoms with van der Waals surface area (Å²) in [4.78, 5) is 15.4. The summed E-state index contributed by atoms with van der Waals surface area (Å²) in [6, 6.07) is 46.9. The molecule has 0 aliphatic carbocycles. The fourth-order valence-corrected chi connectivity index (χ4v) is 9.68. The van der Waals surface area contributed by atoms with Gasteiger partial charge in [0.2, 0.25) is 0 Å². The van der Waals surface area contributed by atoms with E-state index >= 15 is 0 Å². The molecule has 5 heteroatoms. The van der Waals surface area contributed by atoms with Gasteiger partial charge in [-0.1, -0.05) is 164 Å². The number of rotatable bonds is 6. The summed E-state index contributed by atoms with van der Waals surface area (Å²) in [6.07, 6.45) is 0. The molecule has 3 aromatic heterocycles. The molecule has 3 nitrogen and oxygen atoms in total. The molecule has 11 rings (SSSR count). The van der Waals surface area contributed by atoms with Gasteiger partial charge in [0.1, 0.15) is 0 Å². The first kappa shape index (κ1) is 26.1. The number of fused-ring (bicyclic) bond motifs is 6. The van der Waals surface area contributed by atoms with Crippen LogP contribution >= 0.6 is 22.7 Å². The standard InChI is InChI=1S/C51H31N3S2/c1-2-13-32(14-3-1)37-17-4-5-19-42(37)51-53-49(34-29-27-33(28-30-34)39-22-11-23-41-40-18-6-8-24-44(40)56-48(39)41)52-50(54-51)36-16-10-15-35(31-36)38-21-12-26-46-47(38)43-20-7-9-25-45(43)55-46/h1-31H/i6D,8D,11D,18D,22D,23D,24D. The third kappa shape index (κ3) is 5.60. The van der Waals surface area contributed by atoms with Gasteiger partial charge in [0, 0.05) is 57.0 Å². The van der Waals surface area contributed by atoms with E-state index in [0.717, 1.165) is 44.7 Å². The van der Waals surface area contributed by atoms with Crippen LogP contribution in [0.5, 0.6) is 0 Å². The van der Waals surface area contributed by atoms with Crippen molar-refractivity contribution in [2.75, 3.05) is 0 Å². The van der Waals surface area contributed by atoms with Crippen molar-refractivity contribution in [3.63, 3.8) is 0 Å². The van der Waals surface area contributed by atoms with Gasteiger partial charge in [-0.15, -0.1) is 22.7 Å². The first-order valence-corrected chi connectivity index (χ1v) is 19.7. The lowest BCUT2D eigenvalue weighted by atomic mass is 9.97. The molecular formula is C51H31N3S2. The Morgan fingerprint density at radius 2 is 0.982 bits per heavy atom. The van der Waals surface area contributed by atoms with E-state index in [1.54, 1.807) is 11.3 Å². The van der Waals surface area contributed by atoms with Gasteiger partial charge in [0.15, 0.2) is 17.5 Å². The van der Waals surface area contributed by atoms with E-state index in [0.29, 0.717) is 38.9 Å². The van der Waals surface area contributed by atoms with E-state index in [1.807, 2.05) is 72.8 Å². The Morgan fingerprint density at radius 3 is 1.88 bits per heavy atom. The Kier molecular flexibility index (Phi) is 6.29. The molecule has 0 saturated heterocycles. The van der Waals surface area contributed by atoms with Crippen molar-refractivity contribution in [1.29, 1.82) is 0 Å². The van der Waals surface area contributed by atoms with Crippen LogP contribution in [0.3, 0.4) is 0 Å². The number of aromatic nitrogens is 3. The molecule has 11 aromatic rings. The molecule has 0 atom stereocenters. The van der Waals surface area contributed by atoms with Crippen LogP contribution in [0.25, 0.3) is 108 Å². The highest BCUT2D eigenvalue weighted by Gasteiger charge is 2.18. The van der Waals surface area contributed by atoms with Crippen LogP contribution in [0.4, 0.5) is 0 Å². The maximum absolute atomic E-state index is 9.03. The maximum Gasteiger partial charge on any atom is 0.164 e. The van der Waals surface area contributed by atoms with Crippen LogP contribution < -0.4 is 0 Å². The Morgan fingerprint density at radius 1 is 0.357 bits per heavy atom. The molecule has 0 amide bonds. The van der Waals surface area contributed by atoms with Crippen LogP contribution in [-0.4, -0.2) is 15.0 Å². The number of nitrogens with zero attached hydrogens (tertiary/aromatic N) is 3. The Bertz CT molecular complexity index is 3660. The van der Waals surface area contributed by atoms with Crippen molar-refractivity contribution in [1.82, 2.24) is 15.0 Å². The van der Waals surface area contributed by atoms with Gasteiger partial charge >= 0.3 is 0 Å². The number of hydrogen-bond donors (Lipinski definition) is 0. The highest BCUT2D eigenvalue weighted by atomic mass is 32.1. The quantitative estimate of drug-likeness (QED) is 0.170. The fraction of sp³-hybridized carbons (Fsp3) is 0. The average Bonchev–Trinajstić information content (AvgIpc) is 3.92. The first-order valence-electron chi connectivity index (χ1n) is 21.6. The predicted molar refractivity (Wildman–Crippen MR) is 238 cm³/mol. The van der Waals surface area contributed by atoms with Crippen LogP contribution in [-0.2, 0) is 0 Å². The summed E-state index contributed by atoms with van der Waals surface area (Å²) in [5.41, 5.74) is 7.49. The third-order valence-electron chi connectivity index (χ3n) is 10.1. The second kappa shape index (κ2) is 13.5. The normalized spacial score (nSPS) is 13.3. The second-order valence-electron chi connectivity index (χ2n) is 13.4. The minimum absolute atomic E-state index is 0.157. The SMILES string of the molecule is [2H]c1c([2H])c([2H])c2c(sc3c(-c4ccc(-c5nc(-c6cccc(-c7cccc8sc9ccccc9c78)c6)nc(-c6ccccc6-c6ccccc6)n5)cc4)c([2H])c([2H])c([2H])c32)c1[2H]. The van der Waals surface area contributed by atoms with Crippen LogP contribution in [0.15, 0.2) is 188 Å². The van der Waals surface area contributed by atoms with Gasteiger partial charge < -0.3 is 0 Å². The molecule has 0 saturated carbocycles.